The molecule has 1 aromatic carbocycles. The number of nitrogens with zero attached hydrogens (tertiary/aromatic N) is 3. The third-order valence-corrected chi connectivity index (χ3v) is 4.92. The quantitative estimate of drug-likeness (QED) is 0.568. The van der Waals surface area contributed by atoms with E-state index in [1.54, 1.807) is 12.3 Å². The monoisotopic (exact) mass is 404 g/mol. The lowest BCUT2D eigenvalue weighted by atomic mass is 10.2. The van der Waals surface area contributed by atoms with Crippen LogP contribution in [0.15, 0.2) is 52.2 Å². The van der Waals surface area contributed by atoms with E-state index in [1.807, 2.05) is 34.9 Å². The Morgan fingerprint density at radius 2 is 2.15 bits per heavy atom. The number of carbonyl (C=O) groups is 1. The largest absolute Gasteiger partial charge is 0.461 e. The lowest BCUT2D eigenvalue weighted by Gasteiger charge is -2.11. The van der Waals surface area contributed by atoms with Crippen molar-refractivity contribution in [2.75, 3.05) is 5.75 Å². The van der Waals surface area contributed by atoms with Crippen LogP contribution in [0.4, 0.5) is 0 Å². The molecule has 0 saturated heterocycles. The highest BCUT2D eigenvalue weighted by Crippen LogP contribution is 2.25. The number of carbonyl (C=O) groups excluding carboxylic acids is 1. The second-order valence-electron chi connectivity index (χ2n) is 6.48. The van der Waals surface area contributed by atoms with Crippen LogP contribution < -0.4 is 5.32 Å². The SMILES string of the molecule is CC(C)Cn1c(SCC(=O)NCc2cccc(Cl)c2)nnc1-c1ccco1. The second-order valence-corrected chi connectivity index (χ2v) is 7.86. The highest BCUT2D eigenvalue weighted by molar-refractivity contribution is 7.99. The highest BCUT2D eigenvalue weighted by atomic mass is 35.5. The van der Waals surface area contributed by atoms with E-state index in [9.17, 15) is 4.79 Å². The lowest BCUT2D eigenvalue weighted by molar-refractivity contribution is -0.118. The van der Waals surface area contributed by atoms with Crippen LogP contribution in [-0.2, 0) is 17.9 Å². The first-order valence-corrected chi connectivity index (χ1v) is 10.0. The Morgan fingerprint density at radius 1 is 1.30 bits per heavy atom. The Kier molecular flexibility index (Phi) is 6.58. The molecule has 0 saturated carbocycles. The minimum atomic E-state index is -0.0707. The van der Waals surface area contributed by atoms with E-state index in [2.05, 4.69) is 29.4 Å². The van der Waals surface area contributed by atoms with Crippen molar-refractivity contribution in [3.05, 3.63) is 53.2 Å². The maximum absolute atomic E-state index is 12.2. The topological polar surface area (TPSA) is 73.0 Å². The van der Waals surface area contributed by atoms with Crippen molar-refractivity contribution in [1.29, 1.82) is 0 Å². The van der Waals surface area contributed by atoms with Crippen molar-refractivity contribution in [1.82, 2.24) is 20.1 Å². The first kappa shape index (κ1) is 19.5. The van der Waals surface area contributed by atoms with Gasteiger partial charge in [0.05, 0.1) is 12.0 Å². The molecule has 0 aliphatic rings. The van der Waals surface area contributed by atoms with Gasteiger partial charge in [-0.25, -0.2) is 0 Å². The van der Waals surface area contributed by atoms with Gasteiger partial charge >= 0.3 is 0 Å². The van der Waals surface area contributed by atoms with Gasteiger partial charge in [-0.2, -0.15) is 0 Å². The van der Waals surface area contributed by atoms with Gasteiger partial charge in [0.1, 0.15) is 0 Å². The number of hydrogen-bond donors (Lipinski definition) is 1. The number of thioether (sulfide) groups is 1. The fraction of sp³-hybridized carbons (Fsp3) is 0.316. The summed E-state index contributed by atoms with van der Waals surface area (Å²) in [6.07, 6.45) is 1.61. The van der Waals surface area contributed by atoms with Crippen LogP contribution >= 0.6 is 23.4 Å². The normalized spacial score (nSPS) is 11.1. The summed E-state index contributed by atoms with van der Waals surface area (Å²) in [4.78, 5) is 12.2. The van der Waals surface area contributed by atoms with Crippen molar-refractivity contribution in [2.45, 2.75) is 32.1 Å². The number of benzene rings is 1. The molecule has 0 fully saturated rings. The summed E-state index contributed by atoms with van der Waals surface area (Å²) < 4.78 is 7.45. The van der Waals surface area contributed by atoms with E-state index in [1.165, 1.54) is 11.8 Å². The molecule has 1 amide bonds. The molecule has 0 aliphatic heterocycles. The lowest BCUT2D eigenvalue weighted by Crippen LogP contribution is -2.24. The Balaban J connectivity index is 1.62. The van der Waals surface area contributed by atoms with Crippen LogP contribution in [0.3, 0.4) is 0 Å². The molecule has 0 bridgehead atoms. The Labute approximate surface area is 167 Å². The molecule has 3 aromatic rings. The molecule has 3 rings (SSSR count). The minimum absolute atomic E-state index is 0.0707. The maximum Gasteiger partial charge on any atom is 0.230 e. The van der Waals surface area contributed by atoms with Crippen molar-refractivity contribution >= 4 is 29.3 Å². The molecular formula is C19H21ClN4O2S. The van der Waals surface area contributed by atoms with E-state index < -0.39 is 0 Å². The van der Waals surface area contributed by atoms with Gasteiger partial charge in [0, 0.05) is 18.1 Å². The van der Waals surface area contributed by atoms with Crippen LogP contribution in [0.25, 0.3) is 11.6 Å². The zero-order valence-corrected chi connectivity index (χ0v) is 16.8. The average Bonchev–Trinajstić information content (AvgIpc) is 3.27. The number of nitrogens with one attached hydrogen (secondary N) is 1. The first-order chi connectivity index (χ1) is 13.0. The fourth-order valence-electron chi connectivity index (χ4n) is 2.54. The molecule has 2 heterocycles. The van der Waals surface area contributed by atoms with Crippen LogP contribution in [0.1, 0.15) is 19.4 Å². The van der Waals surface area contributed by atoms with Gasteiger partial charge in [0.15, 0.2) is 16.7 Å². The number of amides is 1. The zero-order valence-electron chi connectivity index (χ0n) is 15.2. The summed E-state index contributed by atoms with van der Waals surface area (Å²) in [6, 6.07) is 11.1. The van der Waals surface area contributed by atoms with Crippen LogP contribution in [0.2, 0.25) is 5.02 Å². The first-order valence-electron chi connectivity index (χ1n) is 8.64. The molecule has 0 atom stereocenters. The number of rotatable bonds is 8. The zero-order chi connectivity index (χ0) is 19.2. The molecule has 0 radical (unpaired) electrons. The van der Waals surface area contributed by atoms with E-state index in [-0.39, 0.29) is 11.7 Å². The van der Waals surface area contributed by atoms with Gasteiger partial charge < -0.3 is 9.73 Å². The predicted molar refractivity (Wildman–Crippen MR) is 107 cm³/mol. The van der Waals surface area contributed by atoms with Crippen molar-refractivity contribution in [3.63, 3.8) is 0 Å². The molecule has 2 aromatic heterocycles. The second kappa shape index (κ2) is 9.10. The van der Waals surface area contributed by atoms with Gasteiger partial charge in [-0.05, 0) is 35.7 Å². The van der Waals surface area contributed by atoms with Gasteiger partial charge in [-0.3, -0.25) is 9.36 Å². The molecule has 27 heavy (non-hydrogen) atoms. The number of hydrogen-bond acceptors (Lipinski definition) is 5. The Morgan fingerprint density at radius 3 is 2.85 bits per heavy atom. The number of aromatic nitrogens is 3. The van der Waals surface area contributed by atoms with Crippen molar-refractivity contribution < 1.29 is 9.21 Å². The Bertz CT molecular complexity index is 893. The van der Waals surface area contributed by atoms with Gasteiger partial charge in [-0.1, -0.05) is 49.3 Å². The molecule has 8 heteroatoms. The van der Waals surface area contributed by atoms with Crippen LogP contribution in [-0.4, -0.2) is 26.4 Å². The third-order valence-electron chi connectivity index (χ3n) is 3.72. The number of furan rings is 1. The van der Waals surface area contributed by atoms with Crippen LogP contribution in [0.5, 0.6) is 0 Å². The van der Waals surface area contributed by atoms with E-state index in [0.717, 1.165) is 12.1 Å². The smallest absolute Gasteiger partial charge is 0.230 e. The third kappa shape index (κ3) is 5.37. The summed E-state index contributed by atoms with van der Waals surface area (Å²) in [5.41, 5.74) is 0.962. The molecule has 1 N–H and O–H groups in total. The van der Waals surface area contributed by atoms with E-state index in [4.69, 9.17) is 16.0 Å². The van der Waals surface area contributed by atoms with Gasteiger partial charge in [0.25, 0.3) is 0 Å². The van der Waals surface area contributed by atoms with Gasteiger partial charge in [-0.15, -0.1) is 10.2 Å². The summed E-state index contributed by atoms with van der Waals surface area (Å²) in [5, 5.41) is 12.7. The Hall–Kier alpha value is -2.25. The summed E-state index contributed by atoms with van der Waals surface area (Å²) in [7, 11) is 0. The number of halogens is 1. The van der Waals surface area contributed by atoms with E-state index in [0.29, 0.717) is 34.2 Å². The molecule has 0 unspecified atom stereocenters. The fourth-order valence-corrected chi connectivity index (χ4v) is 3.53. The average molecular weight is 405 g/mol. The van der Waals surface area contributed by atoms with Crippen molar-refractivity contribution in [3.8, 4) is 11.6 Å². The maximum atomic E-state index is 12.2. The van der Waals surface area contributed by atoms with Crippen molar-refractivity contribution in [2.24, 2.45) is 5.92 Å². The summed E-state index contributed by atoms with van der Waals surface area (Å²) in [5.74, 6) is 1.94. The van der Waals surface area contributed by atoms with E-state index >= 15 is 0 Å². The highest BCUT2D eigenvalue weighted by Gasteiger charge is 2.18. The van der Waals surface area contributed by atoms with Crippen LogP contribution in [0, 0.1) is 5.92 Å². The molecule has 142 valence electrons. The minimum Gasteiger partial charge on any atom is -0.461 e. The summed E-state index contributed by atoms with van der Waals surface area (Å²) in [6.45, 7) is 5.43. The van der Waals surface area contributed by atoms with Gasteiger partial charge in [0.2, 0.25) is 5.91 Å². The standard InChI is InChI=1S/C19H21ClN4O2S/c1-13(2)11-24-18(16-7-4-8-26-16)22-23-19(24)27-12-17(25)21-10-14-5-3-6-15(20)9-14/h3-9,13H,10-12H2,1-2H3,(H,21,25). The predicted octanol–water partition coefficient (Wildman–Crippen LogP) is 4.26. The summed E-state index contributed by atoms with van der Waals surface area (Å²) >= 11 is 7.33. The molecule has 0 aliphatic carbocycles. The molecule has 0 spiro atoms. The molecular weight excluding hydrogens is 384 g/mol. The molecule has 6 nitrogen and oxygen atoms in total.